The molecule has 8 heteroatoms. The van der Waals surface area contributed by atoms with E-state index >= 15 is 0 Å². The number of rotatable bonds is 8. The van der Waals surface area contributed by atoms with Crippen LogP contribution in [-0.2, 0) is 19.4 Å². The summed E-state index contributed by atoms with van der Waals surface area (Å²) in [6.45, 7) is 7.19. The van der Waals surface area contributed by atoms with Crippen LogP contribution in [-0.4, -0.2) is 19.2 Å². The molecule has 1 aliphatic rings. The first-order valence-electron chi connectivity index (χ1n) is 13.9. The largest absolute Gasteiger partial charge is 0.493 e. The van der Waals surface area contributed by atoms with Crippen molar-refractivity contribution in [3.05, 3.63) is 103 Å². The van der Waals surface area contributed by atoms with Crippen molar-refractivity contribution >= 4 is 61.7 Å². The molecule has 5 nitrogen and oxygen atoms in total. The van der Waals surface area contributed by atoms with Crippen LogP contribution in [0.25, 0.3) is 0 Å². The van der Waals surface area contributed by atoms with E-state index in [1.54, 1.807) is 24.7 Å². The molecular weight excluding hydrogens is 632 g/mol. The summed E-state index contributed by atoms with van der Waals surface area (Å²) in [7, 11) is 1.61. The second-order valence-electron chi connectivity index (χ2n) is 11.5. The highest BCUT2D eigenvalue weighted by Crippen LogP contribution is 2.45. The zero-order chi connectivity index (χ0) is 29.9. The van der Waals surface area contributed by atoms with Crippen molar-refractivity contribution in [2.24, 2.45) is 16.3 Å². The average molecular weight is 666 g/mol. The predicted octanol–water partition coefficient (Wildman–Crippen LogP) is 9.91. The number of methoxy groups -OCH3 is 1. The fourth-order valence-electron chi connectivity index (χ4n) is 5.20. The zero-order valence-corrected chi connectivity index (χ0v) is 27.3. The molecule has 1 aliphatic carbocycles. The van der Waals surface area contributed by atoms with Gasteiger partial charge in [-0.15, -0.1) is 11.3 Å². The van der Waals surface area contributed by atoms with E-state index in [0.717, 1.165) is 51.1 Å². The molecule has 42 heavy (non-hydrogen) atoms. The average Bonchev–Trinajstić information content (AvgIpc) is 3.34. The van der Waals surface area contributed by atoms with Gasteiger partial charge in [-0.25, -0.2) is 4.99 Å². The van der Waals surface area contributed by atoms with Crippen LogP contribution in [0.1, 0.15) is 59.1 Å². The molecule has 0 spiro atoms. The number of ether oxygens (including phenoxy) is 2. The number of anilines is 1. The Morgan fingerprint density at radius 3 is 2.60 bits per heavy atom. The van der Waals surface area contributed by atoms with Crippen molar-refractivity contribution in [3.63, 3.8) is 0 Å². The van der Waals surface area contributed by atoms with Gasteiger partial charge in [0, 0.05) is 27.4 Å². The van der Waals surface area contributed by atoms with Gasteiger partial charge in [0.15, 0.2) is 11.5 Å². The lowest BCUT2D eigenvalue weighted by molar-refractivity contribution is 0.102. The fourth-order valence-corrected chi connectivity index (χ4v) is 7.24. The predicted molar refractivity (Wildman–Crippen MR) is 177 cm³/mol. The fraction of sp³-hybridized carbons (Fsp3) is 0.294. The van der Waals surface area contributed by atoms with Crippen molar-refractivity contribution in [2.45, 2.75) is 46.6 Å². The van der Waals surface area contributed by atoms with Crippen LogP contribution >= 0.6 is 38.9 Å². The molecule has 0 saturated carbocycles. The summed E-state index contributed by atoms with van der Waals surface area (Å²) in [5.41, 5.74) is 4.47. The highest BCUT2D eigenvalue weighted by Gasteiger charge is 2.33. The molecule has 0 fully saturated rings. The summed E-state index contributed by atoms with van der Waals surface area (Å²) in [5.74, 6) is 1.59. The molecule has 218 valence electrons. The highest BCUT2D eigenvalue weighted by atomic mass is 79.9. The smallest absolute Gasteiger partial charge is 0.259 e. The maximum Gasteiger partial charge on any atom is 0.259 e. The Morgan fingerprint density at radius 2 is 1.88 bits per heavy atom. The van der Waals surface area contributed by atoms with Crippen LogP contribution < -0.4 is 14.8 Å². The molecule has 0 aliphatic heterocycles. The van der Waals surface area contributed by atoms with Gasteiger partial charge in [-0.3, -0.25) is 4.79 Å². The van der Waals surface area contributed by atoms with E-state index in [4.69, 9.17) is 26.1 Å². The Morgan fingerprint density at radius 1 is 1.14 bits per heavy atom. The van der Waals surface area contributed by atoms with Crippen LogP contribution in [0.3, 0.4) is 0 Å². The standard InChI is InChI=1S/C34H34BrClN2O3S/c1-34(2,3)23-14-15-25-29(18-23)42-33(30(25)32(39)38-24-11-6-5-7-12-24)37-19-21-16-26(35)31(28(17-21)40-4)41-20-22-10-8-9-13-27(22)36/h5-13,16-17,19,23H,14-15,18,20H2,1-4H3,(H,38,39)/t23-/m0/s1. The maximum absolute atomic E-state index is 13.6. The number of nitrogens with zero attached hydrogens (tertiary/aromatic N) is 1. The summed E-state index contributed by atoms with van der Waals surface area (Å²) in [4.78, 5) is 19.8. The normalized spacial score (nSPS) is 15.0. The molecule has 5 rings (SSSR count). The molecule has 1 heterocycles. The summed E-state index contributed by atoms with van der Waals surface area (Å²) in [6.07, 6.45) is 4.67. The number of hydrogen-bond donors (Lipinski definition) is 1. The van der Waals surface area contributed by atoms with E-state index in [0.29, 0.717) is 34.6 Å². The first kappa shape index (κ1) is 30.3. The topological polar surface area (TPSA) is 59.9 Å². The molecule has 3 aromatic carbocycles. The van der Waals surface area contributed by atoms with Gasteiger partial charge in [0.1, 0.15) is 11.6 Å². The molecule has 1 amide bonds. The highest BCUT2D eigenvalue weighted by molar-refractivity contribution is 9.10. The minimum atomic E-state index is -0.123. The van der Waals surface area contributed by atoms with Gasteiger partial charge in [-0.05, 0) is 88.0 Å². The number of hydrogen-bond acceptors (Lipinski definition) is 5. The number of carbonyl (C=O) groups is 1. The Labute approximate surface area is 265 Å². The number of fused-ring (bicyclic) bond motifs is 1. The number of halogens is 2. The van der Waals surface area contributed by atoms with Crippen LogP contribution in [0.5, 0.6) is 11.5 Å². The van der Waals surface area contributed by atoms with Gasteiger partial charge in [0.2, 0.25) is 0 Å². The van der Waals surface area contributed by atoms with E-state index in [9.17, 15) is 4.79 Å². The number of aliphatic imine (C=N–C) groups is 1. The van der Waals surface area contributed by atoms with E-state index in [1.165, 1.54) is 4.88 Å². The lowest BCUT2D eigenvalue weighted by atomic mass is 9.72. The Bertz CT molecular complexity index is 1610. The van der Waals surface area contributed by atoms with Gasteiger partial charge in [0.25, 0.3) is 5.91 Å². The van der Waals surface area contributed by atoms with Crippen molar-refractivity contribution in [2.75, 3.05) is 12.4 Å². The Hall–Kier alpha value is -3.13. The minimum absolute atomic E-state index is 0.123. The number of amides is 1. The second kappa shape index (κ2) is 13.0. The molecule has 0 radical (unpaired) electrons. The van der Waals surface area contributed by atoms with Crippen molar-refractivity contribution in [1.82, 2.24) is 0 Å². The van der Waals surface area contributed by atoms with Crippen molar-refractivity contribution < 1.29 is 14.3 Å². The lowest BCUT2D eigenvalue weighted by Crippen LogP contribution is -2.27. The molecule has 4 aromatic rings. The molecule has 1 aromatic heterocycles. The second-order valence-corrected chi connectivity index (χ2v) is 13.8. The van der Waals surface area contributed by atoms with Gasteiger partial charge in [-0.2, -0.15) is 0 Å². The summed E-state index contributed by atoms with van der Waals surface area (Å²) < 4.78 is 12.5. The van der Waals surface area contributed by atoms with Crippen molar-refractivity contribution in [3.8, 4) is 11.5 Å². The number of benzene rings is 3. The van der Waals surface area contributed by atoms with E-state index < -0.39 is 0 Å². The lowest BCUT2D eigenvalue weighted by Gasteiger charge is -2.33. The third-order valence-corrected chi connectivity index (χ3v) is 9.76. The van der Waals surface area contributed by atoms with Crippen LogP contribution in [0.15, 0.2) is 76.2 Å². The summed E-state index contributed by atoms with van der Waals surface area (Å²) in [6, 6.07) is 21.0. The number of nitrogens with one attached hydrogen (secondary N) is 1. The SMILES string of the molecule is COc1cc(C=Nc2sc3c(c2C(=O)Nc2ccccc2)CC[C@H](C(C)(C)C)C3)cc(Br)c1OCc1ccccc1Cl. The van der Waals surface area contributed by atoms with E-state index in [1.807, 2.05) is 66.7 Å². The van der Waals surface area contributed by atoms with E-state index in [-0.39, 0.29) is 11.3 Å². The molecule has 1 N–H and O–H groups in total. The number of carbonyl (C=O) groups excluding carboxylic acids is 1. The number of para-hydroxylation sites is 1. The van der Waals surface area contributed by atoms with Crippen LogP contribution in [0.4, 0.5) is 10.7 Å². The van der Waals surface area contributed by atoms with E-state index in [2.05, 4.69) is 42.0 Å². The quantitative estimate of drug-likeness (QED) is 0.191. The Balaban J connectivity index is 1.45. The maximum atomic E-state index is 13.6. The molecule has 0 saturated heterocycles. The monoisotopic (exact) mass is 664 g/mol. The van der Waals surface area contributed by atoms with Gasteiger partial charge < -0.3 is 14.8 Å². The zero-order valence-electron chi connectivity index (χ0n) is 24.2. The summed E-state index contributed by atoms with van der Waals surface area (Å²) in [5, 5.41) is 4.45. The van der Waals surface area contributed by atoms with Gasteiger partial charge >= 0.3 is 0 Å². The third kappa shape index (κ3) is 6.91. The van der Waals surface area contributed by atoms with Crippen molar-refractivity contribution in [1.29, 1.82) is 0 Å². The van der Waals surface area contributed by atoms with Gasteiger partial charge in [0.05, 0.1) is 17.1 Å². The summed E-state index contributed by atoms with van der Waals surface area (Å²) >= 11 is 11.6. The molecule has 1 atom stereocenters. The molecule has 0 bridgehead atoms. The first-order valence-corrected chi connectivity index (χ1v) is 15.9. The first-order chi connectivity index (χ1) is 20.1. The van der Waals surface area contributed by atoms with Crippen LogP contribution in [0, 0.1) is 11.3 Å². The Kier molecular flexibility index (Phi) is 9.41. The van der Waals surface area contributed by atoms with Gasteiger partial charge in [-0.1, -0.05) is 68.8 Å². The molecular formula is C34H34BrClN2O3S. The molecule has 0 unspecified atom stereocenters. The number of thiophene rings is 1. The van der Waals surface area contributed by atoms with Crippen LogP contribution in [0.2, 0.25) is 5.02 Å². The third-order valence-electron chi connectivity index (χ3n) is 7.64. The minimum Gasteiger partial charge on any atom is -0.493 e.